The molecular weight excluding hydrogens is 404 g/mol. The first-order valence-corrected chi connectivity index (χ1v) is 10.5. The van der Waals surface area contributed by atoms with Gasteiger partial charge in [-0.05, 0) is 72.1 Å². The molecule has 0 saturated heterocycles. The summed E-state index contributed by atoms with van der Waals surface area (Å²) < 4.78 is 13.5. The Hall–Kier alpha value is -3.77. The van der Waals surface area contributed by atoms with Gasteiger partial charge in [-0.2, -0.15) is 0 Å². The molecule has 0 aliphatic rings. The molecule has 6 heteroatoms. The number of carboxylic acids is 1. The van der Waals surface area contributed by atoms with E-state index in [0.29, 0.717) is 19.7 Å². The van der Waals surface area contributed by atoms with Gasteiger partial charge in [-0.3, -0.25) is 0 Å². The van der Waals surface area contributed by atoms with Gasteiger partial charge in [0.1, 0.15) is 18.1 Å². The van der Waals surface area contributed by atoms with Crippen molar-refractivity contribution in [2.75, 3.05) is 13.7 Å². The molecule has 0 saturated carbocycles. The molecule has 3 N–H and O–H groups in total. The summed E-state index contributed by atoms with van der Waals surface area (Å²) in [5.74, 6) is 0.678. The van der Waals surface area contributed by atoms with E-state index in [1.54, 1.807) is 19.2 Å². The van der Waals surface area contributed by atoms with Crippen LogP contribution in [0.2, 0.25) is 0 Å². The molecule has 0 amide bonds. The van der Waals surface area contributed by atoms with Crippen LogP contribution in [0.1, 0.15) is 27.0 Å². The van der Waals surface area contributed by atoms with E-state index in [-0.39, 0.29) is 5.56 Å². The molecule has 0 spiro atoms. The SMILES string of the molecule is COc1cccc(COc2ccc3c(c2)c(CCN)cn3Cc2ccc(C(=O)O)cc2)c1. The Morgan fingerprint density at radius 2 is 1.81 bits per heavy atom. The number of rotatable bonds is 9. The fraction of sp³-hybridized carbons (Fsp3) is 0.192. The van der Waals surface area contributed by atoms with E-state index in [9.17, 15) is 4.79 Å². The van der Waals surface area contributed by atoms with Crippen LogP contribution in [0.15, 0.2) is 72.9 Å². The van der Waals surface area contributed by atoms with Gasteiger partial charge < -0.3 is 24.9 Å². The number of aromatic nitrogens is 1. The highest BCUT2D eigenvalue weighted by atomic mass is 16.5. The molecule has 0 atom stereocenters. The number of fused-ring (bicyclic) bond motifs is 1. The van der Waals surface area contributed by atoms with Crippen molar-refractivity contribution >= 4 is 16.9 Å². The fourth-order valence-electron chi connectivity index (χ4n) is 3.80. The lowest BCUT2D eigenvalue weighted by atomic mass is 10.1. The Kier molecular flexibility index (Phi) is 6.42. The standard InChI is InChI=1S/C26H26N2O4/c1-31-22-4-2-3-19(13-22)17-32-23-9-10-25-24(14-23)21(11-12-27)16-28(25)15-18-5-7-20(8-6-18)26(29)30/h2-10,13-14,16H,11-12,15,17,27H2,1H3,(H,29,30). The number of benzene rings is 3. The van der Waals surface area contributed by atoms with Crippen molar-refractivity contribution in [1.82, 2.24) is 4.57 Å². The maximum atomic E-state index is 11.1. The maximum absolute atomic E-state index is 11.1. The van der Waals surface area contributed by atoms with Crippen molar-refractivity contribution in [3.05, 3.63) is 95.2 Å². The van der Waals surface area contributed by atoms with E-state index < -0.39 is 5.97 Å². The van der Waals surface area contributed by atoms with Gasteiger partial charge in [0.25, 0.3) is 0 Å². The van der Waals surface area contributed by atoms with Crippen molar-refractivity contribution in [3.63, 3.8) is 0 Å². The molecular formula is C26H26N2O4. The van der Waals surface area contributed by atoms with Gasteiger partial charge in [0, 0.05) is 23.6 Å². The normalized spacial score (nSPS) is 10.9. The van der Waals surface area contributed by atoms with Crippen molar-refractivity contribution in [1.29, 1.82) is 0 Å². The Balaban J connectivity index is 1.57. The molecule has 6 nitrogen and oxygen atoms in total. The Labute approximate surface area is 186 Å². The second-order valence-corrected chi connectivity index (χ2v) is 7.64. The van der Waals surface area contributed by atoms with E-state index >= 15 is 0 Å². The summed E-state index contributed by atoms with van der Waals surface area (Å²) in [7, 11) is 1.65. The predicted octanol–water partition coefficient (Wildman–Crippen LogP) is 4.48. The molecule has 164 valence electrons. The zero-order chi connectivity index (χ0) is 22.5. The topological polar surface area (TPSA) is 86.7 Å². The summed E-state index contributed by atoms with van der Waals surface area (Å²) in [6.45, 7) is 1.65. The Bertz CT molecular complexity index is 1230. The molecule has 1 aromatic heterocycles. The minimum absolute atomic E-state index is 0.285. The minimum Gasteiger partial charge on any atom is -0.497 e. The summed E-state index contributed by atoms with van der Waals surface area (Å²) in [4.78, 5) is 11.1. The molecule has 0 aliphatic carbocycles. The van der Waals surface area contributed by atoms with E-state index in [0.717, 1.165) is 45.5 Å². The number of aromatic carboxylic acids is 1. The van der Waals surface area contributed by atoms with Gasteiger partial charge in [-0.25, -0.2) is 4.79 Å². The number of methoxy groups -OCH3 is 1. The second kappa shape index (κ2) is 9.58. The molecule has 0 bridgehead atoms. The molecule has 0 aliphatic heterocycles. The molecule has 1 heterocycles. The predicted molar refractivity (Wildman–Crippen MR) is 125 cm³/mol. The van der Waals surface area contributed by atoms with Crippen LogP contribution in [0.4, 0.5) is 0 Å². The number of nitrogens with two attached hydrogens (primary N) is 1. The highest BCUT2D eigenvalue weighted by Gasteiger charge is 2.11. The second-order valence-electron chi connectivity index (χ2n) is 7.64. The third-order valence-electron chi connectivity index (χ3n) is 5.44. The zero-order valence-corrected chi connectivity index (χ0v) is 18.0. The first-order valence-electron chi connectivity index (χ1n) is 10.5. The van der Waals surface area contributed by atoms with Crippen molar-refractivity contribution in [3.8, 4) is 11.5 Å². The van der Waals surface area contributed by atoms with Gasteiger partial charge >= 0.3 is 5.97 Å². The average molecular weight is 431 g/mol. The largest absolute Gasteiger partial charge is 0.497 e. The third kappa shape index (κ3) is 4.76. The molecule has 4 rings (SSSR count). The maximum Gasteiger partial charge on any atom is 0.335 e. The van der Waals surface area contributed by atoms with Crippen LogP contribution in [0, 0.1) is 0 Å². The third-order valence-corrected chi connectivity index (χ3v) is 5.44. The van der Waals surface area contributed by atoms with Crippen LogP contribution in [0.5, 0.6) is 11.5 Å². The lowest BCUT2D eigenvalue weighted by Crippen LogP contribution is -2.02. The molecule has 4 aromatic rings. The Morgan fingerprint density at radius 1 is 1.00 bits per heavy atom. The van der Waals surface area contributed by atoms with Crippen LogP contribution in [0.3, 0.4) is 0 Å². The van der Waals surface area contributed by atoms with Gasteiger partial charge in [-0.15, -0.1) is 0 Å². The van der Waals surface area contributed by atoms with E-state index in [2.05, 4.69) is 22.9 Å². The van der Waals surface area contributed by atoms with Crippen LogP contribution in [0.25, 0.3) is 10.9 Å². The van der Waals surface area contributed by atoms with E-state index in [4.69, 9.17) is 20.3 Å². The highest BCUT2D eigenvalue weighted by Crippen LogP contribution is 2.28. The fourth-order valence-corrected chi connectivity index (χ4v) is 3.80. The van der Waals surface area contributed by atoms with Crippen LogP contribution >= 0.6 is 0 Å². The van der Waals surface area contributed by atoms with Crippen LogP contribution in [-0.2, 0) is 19.6 Å². The Morgan fingerprint density at radius 3 is 2.53 bits per heavy atom. The van der Waals surface area contributed by atoms with Gasteiger partial charge in [0.05, 0.1) is 12.7 Å². The minimum atomic E-state index is -0.922. The summed E-state index contributed by atoms with van der Waals surface area (Å²) >= 11 is 0. The molecule has 32 heavy (non-hydrogen) atoms. The number of hydrogen-bond donors (Lipinski definition) is 2. The molecule has 0 radical (unpaired) electrons. The van der Waals surface area contributed by atoms with Crippen molar-refractivity contribution in [2.24, 2.45) is 5.73 Å². The first kappa shape index (κ1) is 21.5. The van der Waals surface area contributed by atoms with Crippen molar-refractivity contribution in [2.45, 2.75) is 19.6 Å². The number of hydrogen-bond acceptors (Lipinski definition) is 4. The summed E-state index contributed by atoms with van der Waals surface area (Å²) in [5.41, 5.74) is 10.5. The smallest absolute Gasteiger partial charge is 0.335 e. The quantitative estimate of drug-likeness (QED) is 0.409. The average Bonchev–Trinajstić information content (AvgIpc) is 3.15. The number of carbonyl (C=O) groups is 1. The monoisotopic (exact) mass is 430 g/mol. The highest BCUT2D eigenvalue weighted by molar-refractivity contribution is 5.87. The zero-order valence-electron chi connectivity index (χ0n) is 18.0. The van der Waals surface area contributed by atoms with Crippen molar-refractivity contribution < 1.29 is 19.4 Å². The summed E-state index contributed by atoms with van der Waals surface area (Å²) in [6.07, 6.45) is 2.88. The van der Waals surface area contributed by atoms with E-state index in [1.165, 1.54) is 0 Å². The van der Waals surface area contributed by atoms with Gasteiger partial charge in [-0.1, -0.05) is 24.3 Å². The number of ether oxygens (including phenoxy) is 2. The number of carboxylic acid groups (broad SMARTS) is 1. The van der Waals surface area contributed by atoms with Gasteiger partial charge in [0.2, 0.25) is 0 Å². The first-order chi connectivity index (χ1) is 15.6. The van der Waals surface area contributed by atoms with Crippen LogP contribution < -0.4 is 15.2 Å². The molecule has 0 fully saturated rings. The lowest BCUT2D eigenvalue weighted by molar-refractivity contribution is 0.0697. The lowest BCUT2D eigenvalue weighted by Gasteiger charge is -2.09. The summed E-state index contributed by atoms with van der Waals surface area (Å²) in [5, 5.41) is 10.2. The van der Waals surface area contributed by atoms with E-state index in [1.807, 2.05) is 42.5 Å². The van der Waals surface area contributed by atoms with Gasteiger partial charge in [0.15, 0.2) is 0 Å². The molecule has 0 unspecified atom stereocenters. The summed E-state index contributed by atoms with van der Waals surface area (Å²) in [6, 6.07) is 20.9. The molecule has 3 aromatic carbocycles. The van der Waals surface area contributed by atoms with Crippen LogP contribution in [-0.4, -0.2) is 29.3 Å². The number of nitrogens with zero attached hydrogens (tertiary/aromatic N) is 1.